The lowest BCUT2D eigenvalue weighted by Crippen LogP contribution is -2.37. The van der Waals surface area contributed by atoms with E-state index in [4.69, 9.17) is 15.7 Å². The maximum Gasteiger partial charge on any atom is 0.343 e. The molecular weight excluding hydrogens is 294 g/mol. The number of nitrogen functional groups attached to an aromatic ring is 1. The second-order valence-corrected chi connectivity index (χ2v) is 7.03. The Morgan fingerprint density at radius 2 is 2.40 bits per heavy atom. The number of carbonyl (C=O) groups excluding carboxylic acids is 1. The average Bonchev–Trinajstić information content (AvgIpc) is 2.76. The summed E-state index contributed by atoms with van der Waals surface area (Å²) in [4.78, 5) is 14.6. The van der Waals surface area contributed by atoms with Crippen LogP contribution in [0.1, 0.15) is 29.1 Å². The van der Waals surface area contributed by atoms with Crippen molar-refractivity contribution >= 4 is 39.8 Å². The van der Waals surface area contributed by atoms with Gasteiger partial charge in [-0.2, -0.15) is 17.0 Å². The fourth-order valence-electron chi connectivity index (χ4n) is 2.14. The molecule has 1 aromatic rings. The van der Waals surface area contributed by atoms with Gasteiger partial charge in [-0.15, -0.1) is 11.3 Å². The molecule has 0 bridgehead atoms. The van der Waals surface area contributed by atoms with Gasteiger partial charge in [-0.1, -0.05) is 6.92 Å². The summed E-state index contributed by atoms with van der Waals surface area (Å²) in [5.41, 5.74) is 6.54. The Labute approximate surface area is 126 Å². The highest BCUT2D eigenvalue weighted by Crippen LogP contribution is 2.39. The normalized spacial score (nSPS) is 18.6. The lowest BCUT2D eigenvalue weighted by Gasteiger charge is -2.31. The number of rotatable bonds is 3. The van der Waals surface area contributed by atoms with Gasteiger partial charge in [0.1, 0.15) is 21.5 Å². The van der Waals surface area contributed by atoms with Crippen molar-refractivity contribution in [3.63, 3.8) is 0 Å². The number of nitrogens with two attached hydrogens (primary N) is 1. The van der Waals surface area contributed by atoms with Gasteiger partial charge in [-0.25, -0.2) is 4.79 Å². The second kappa shape index (κ2) is 6.37. The zero-order valence-corrected chi connectivity index (χ0v) is 13.1. The molecule has 1 aliphatic heterocycles. The average molecular weight is 311 g/mol. The van der Waals surface area contributed by atoms with Crippen LogP contribution in [-0.4, -0.2) is 36.7 Å². The third-order valence-corrected chi connectivity index (χ3v) is 5.34. The molecule has 1 fully saturated rings. The van der Waals surface area contributed by atoms with Gasteiger partial charge in [0.25, 0.3) is 0 Å². The molecule has 1 aliphatic rings. The number of anilines is 2. The van der Waals surface area contributed by atoms with E-state index >= 15 is 0 Å². The van der Waals surface area contributed by atoms with Crippen LogP contribution in [0.3, 0.4) is 0 Å². The van der Waals surface area contributed by atoms with Crippen LogP contribution in [0.15, 0.2) is 0 Å². The van der Waals surface area contributed by atoms with E-state index in [1.165, 1.54) is 11.3 Å². The van der Waals surface area contributed by atoms with Crippen LogP contribution >= 0.6 is 23.1 Å². The Bertz CT molecular complexity index is 551. The van der Waals surface area contributed by atoms with Crippen molar-refractivity contribution in [3.8, 4) is 6.07 Å². The third-order valence-electron chi connectivity index (χ3n) is 3.04. The summed E-state index contributed by atoms with van der Waals surface area (Å²) in [6, 6.07) is 2.06. The van der Waals surface area contributed by atoms with Crippen molar-refractivity contribution in [2.24, 2.45) is 0 Å². The molecule has 1 saturated heterocycles. The van der Waals surface area contributed by atoms with Gasteiger partial charge in [-0.05, 0) is 6.92 Å². The number of thioether (sulfide) groups is 1. The van der Waals surface area contributed by atoms with Crippen LogP contribution in [0.2, 0.25) is 0 Å². The maximum absolute atomic E-state index is 12.1. The minimum Gasteiger partial charge on any atom is -0.462 e. The Kier molecular flexibility index (Phi) is 4.78. The van der Waals surface area contributed by atoms with E-state index in [-0.39, 0.29) is 5.69 Å². The second-order valence-electron chi connectivity index (χ2n) is 4.48. The monoisotopic (exact) mass is 311 g/mol. The summed E-state index contributed by atoms with van der Waals surface area (Å²) in [5.74, 6) is 0.562. The molecule has 20 heavy (non-hydrogen) atoms. The molecule has 108 valence electrons. The molecule has 0 radical (unpaired) electrons. The van der Waals surface area contributed by atoms with Crippen LogP contribution in [0.25, 0.3) is 0 Å². The molecule has 0 aromatic carbocycles. The quantitative estimate of drug-likeness (QED) is 0.863. The van der Waals surface area contributed by atoms with E-state index in [0.717, 1.165) is 23.8 Å². The van der Waals surface area contributed by atoms with Gasteiger partial charge in [-0.3, -0.25) is 0 Å². The molecule has 0 aliphatic carbocycles. The minimum atomic E-state index is -0.441. The topological polar surface area (TPSA) is 79.3 Å². The van der Waals surface area contributed by atoms with E-state index in [0.29, 0.717) is 22.3 Å². The molecule has 0 spiro atoms. The summed E-state index contributed by atoms with van der Waals surface area (Å²) < 4.78 is 5.07. The first-order valence-corrected chi connectivity index (χ1v) is 8.31. The van der Waals surface area contributed by atoms with Crippen LogP contribution < -0.4 is 10.6 Å². The largest absolute Gasteiger partial charge is 0.462 e. The number of nitriles is 1. The number of ether oxygens (including phenoxy) is 1. The van der Waals surface area contributed by atoms with Crippen LogP contribution in [-0.2, 0) is 4.74 Å². The Morgan fingerprint density at radius 3 is 3.00 bits per heavy atom. The fraction of sp³-hybridized carbons (Fsp3) is 0.538. The maximum atomic E-state index is 12.1. The molecule has 1 atom stereocenters. The van der Waals surface area contributed by atoms with Crippen molar-refractivity contribution in [3.05, 3.63) is 10.4 Å². The smallest absolute Gasteiger partial charge is 0.343 e. The van der Waals surface area contributed by atoms with Gasteiger partial charge in [0.15, 0.2) is 0 Å². The van der Waals surface area contributed by atoms with E-state index < -0.39 is 5.97 Å². The molecule has 7 heteroatoms. The summed E-state index contributed by atoms with van der Waals surface area (Å²) in [5, 5.41) is 10.4. The number of carbonyl (C=O) groups is 1. The highest BCUT2D eigenvalue weighted by atomic mass is 32.2. The fourth-order valence-corrected chi connectivity index (χ4v) is 4.20. The van der Waals surface area contributed by atoms with Gasteiger partial charge < -0.3 is 15.4 Å². The first kappa shape index (κ1) is 15.0. The number of thiophene rings is 1. The molecule has 2 rings (SSSR count). The highest BCUT2D eigenvalue weighted by molar-refractivity contribution is 8.00. The number of hydrogen-bond donors (Lipinski definition) is 1. The van der Waals surface area contributed by atoms with Crippen LogP contribution in [0.5, 0.6) is 0 Å². The molecular formula is C13H17N3O2S2. The zero-order chi connectivity index (χ0) is 14.7. The molecule has 0 amide bonds. The predicted octanol–water partition coefficient (Wildman–Crippen LogP) is 2.32. The van der Waals surface area contributed by atoms with Gasteiger partial charge in [0, 0.05) is 24.1 Å². The first-order chi connectivity index (χ1) is 9.58. The Balaban J connectivity index is 2.41. The summed E-state index contributed by atoms with van der Waals surface area (Å²) in [7, 11) is 0. The summed E-state index contributed by atoms with van der Waals surface area (Å²) in [6.07, 6.45) is 0. The van der Waals surface area contributed by atoms with Crippen molar-refractivity contribution in [1.29, 1.82) is 5.26 Å². The van der Waals surface area contributed by atoms with Gasteiger partial charge in [0.05, 0.1) is 12.3 Å². The molecule has 1 unspecified atom stereocenters. The standard InChI is InChI=1S/C13H17N3O2S2/c1-3-18-13(17)10-11(15)9(6-14)20-12(10)16-4-5-19-8(2)7-16/h8H,3-5,7,15H2,1-2H3. The van der Waals surface area contributed by atoms with Crippen LogP contribution in [0, 0.1) is 11.3 Å². The lowest BCUT2D eigenvalue weighted by molar-refractivity contribution is 0.0529. The van der Waals surface area contributed by atoms with Gasteiger partial charge >= 0.3 is 5.97 Å². The molecule has 0 saturated carbocycles. The van der Waals surface area contributed by atoms with E-state index in [1.54, 1.807) is 6.92 Å². The number of hydrogen-bond acceptors (Lipinski definition) is 7. The van der Waals surface area contributed by atoms with E-state index in [2.05, 4.69) is 17.9 Å². The van der Waals surface area contributed by atoms with Crippen molar-refractivity contribution in [2.75, 3.05) is 36.1 Å². The van der Waals surface area contributed by atoms with Crippen LogP contribution in [0.4, 0.5) is 10.7 Å². The van der Waals surface area contributed by atoms with Gasteiger partial charge in [0.2, 0.25) is 0 Å². The minimum absolute atomic E-state index is 0.247. The Morgan fingerprint density at radius 1 is 1.65 bits per heavy atom. The van der Waals surface area contributed by atoms with Crippen molar-refractivity contribution < 1.29 is 9.53 Å². The Hall–Kier alpha value is -1.39. The van der Waals surface area contributed by atoms with Crippen molar-refractivity contribution in [1.82, 2.24) is 0 Å². The van der Waals surface area contributed by atoms with Crippen molar-refractivity contribution in [2.45, 2.75) is 19.1 Å². The number of nitrogens with zero attached hydrogens (tertiary/aromatic N) is 2. The molecule has 5 nitrogen and oxygen atoms in total. The third kappa shape index (κ3) is 2.86. The number of esters is 1. The molecule has 2 heterocycles. The summed E-state index contributed by atoms with van der Waals surface area (Å²) in [6.45, 7) is 5.91. The SMILES string of the molecule is CCOC(=O)c1c(N2CCSC(C)C2)sc(C#N)c1N. The first-order valence-electron chi connectivity index (χ1n) is 6.44. The molecule has 1 aromatic heterocycles. The van der Waals surface area contributed by atoms with E-state index in [9.17, 15) is 4.79 Å². The zero-order valence-electron chi connectivity index (χ0n) is 11.5. The van der Waals surface area contributed by atoms with E-state index in [1.807, 2.05) is 11.8 Å². The highest BCUT2D eigenvalue weighted by Gasteiger charge is 2.28. The predicted molar refractivity (Wildman–Crippen MR) is 83.5 cm³/mol. The lowest BCUT2D eigenvalue weighted by atomic mass is 10.2. The summed E-state index contributed by atoms with van der Waals surface area (Å²) >= 11 is 3.19. The molecule has 2 N–H and O–H groups in total.